The largest absolute Gasteiger partial charge is 0.357 e. The number of hydrogen-bond donors (Lipinski definition) is 3. The fraction of sp³-hybridized carbons (Fsp3) is 0.444. The Balaban J connectivity index is 1.68. The van der Waals surface area contributed by atoms with Crippen molar-refractivity contribution in [1.29, 1.82) is 0 Å². The summed E-state index contributed by atoms with van der Waals surface area (Å²) < 4.78 is 0. The summed E-state index contributed by atoms with van der Waals surface area (Å²) in [5.41, 5.74) is 0.694. The maximum atomic E-state index is 11.9. The second kappa shape index (κ2) is 9.66. The first kappa shape index (κ1) is 17.1. The molecule has 0 spiro atoms. The van der Waals surface area contributed by atoms with Gasteiger partial charge in [0.15, 0.2) is 5.96 Å². The van der Waals surface area contributed by atoms with E-state index in [1.54, 1.807) is 0 Å². The van der Waals surface area contributed by atoms with Gasteiger partial charge in [-0.15, -0.1) is 0 Å². The predicted molar refractivity (Wildman–Crippen MR) is 94.7 cm³/mol. The highest BCUT2D eigenvalue weighted by Crippen LogP contribution is 2.08. The van der Waals surface area contributed by atoms with Crippen molar-refractivity contribution >= 4 is 11.9 Å². The molecule has 124 valence electrons. The zero-order chi connectivity index (χ0) is 16.3. The molecular weight excluding hydrogens is 288 g/mol. The lowest BCUT2D eigenvalue weighted by Crippen LogP contribution is -2.42. The third kappa shape index (κ3) is 6.14. The van der Waals surface area contributed by atoms with Gasteiger partial charge in [-0.3, -0.25) is 9.79 Å². The van der Waals surface area contributed by atoms with Crippen molar-refractivity contribution in [2.24, 2.45) is 4.99 Å². The topological polar surface area (TPSA) is 65.5 Å². The highest BCUT2D eigenvalue weighted by molar-refractivity contribution is 5.94. The van der Waals surface area contributed by atoms with Crippen LogP contribution in [-0.2, 0) is 0 Å². The number of nitrogens with zero attached hydrogens (tertiary/aromatic N) is 1. The molecule has 5 nitrogen and oxygen atoms in total. The summed E-state index contributed by atoms with van der Waals surface area (Å²) in [6.45, 7) is 4.22. The van der Waals surface area contributed by atoms with Gasteiger partial charge in [-0.1, -0.05) is 30.4 Å². The monoisotopic (exact) mass is 314 g/mol. The highest BCUT2D eigenvalue weighted by Gasteiger charge is 2.11. The van der Waals surface area contributed by atoms with E-state index in [2.05, 4.69) is 40.0 Å². The third-order valence-corrected chi connectivity index (χ3v) is 3.62. The molecule has 0 saturated heterocycles. The normalized spacial score (nSPS) is 14.7. The average molecular weight is 314 g/mol. The summed E-state index contributed by atoms with van der Waals surface area (Å²) in [4.78, 5) is 16.5. The molecule has 0 fully saturated rings. The van der Waals surface area contributed by atoms with Crippen LogP contribution in [0.4, 0.5) is 0 Å². The van der Waals surface area contributed by atoms with Gasteiger partial charge in [0.05, 0.1) is 0 Å². The molecule has 0 heterocycles. The summed E-state index contributed by atoms with van der Waals surface area (Å²) in [6, 6.07) is 9.72. The summed E-state index contributed by atoms with van der Waals surface area (Å²) in [5.74, 6) is 0.826. The fourth-order valence-electron chi connectivity index (χ4n) is 2.41. The minimum Gasteiger partial charge on any atom is -0.357 e. The minimum absolute atomic E-state index is 0.0309. The van der Waals surface area contributed by atoms with Crippen LogP contribution in [0.1, 0.15) is 36.5 Å². The number of nitrogens with one attached hydrogen (secondary N) is 3. The molecule has 0 atom stereocenters. The van der Waals surface area contributed by atoms with Crippen LogP contribution in [0.15, 0.2) is 47.5 Å². The molecule has 2 rings (SSSR count). The van der Waals surface area contributed by atoms with Gasteiger partial charge < -0.3 is 16.0 Å². The van der Waals surface area contributed by atoms with Crippen LogP contribution in [0.25, 0.3) is 0 Å². The van der Waals surface area contributed by atoms with Crippen LogP contribution in [0.3, 0.4) is 0 Å². The van der Waals surface area contributed by atoms with Crippen LogP contribution in [0.5, 0.6) is 0 Å². The van der Waals surface area contributed by atoms with Crippen molar-refractivity contribution in [3.05, 3.63) is 48.0 Å². The second-order valence-corrected chi connectivity index (χ2v) is 5.52. The molecule has 0 unspecified atom stereocenters. The molecule has 0 saturated carbocycles. The lowest BCUT2D eigenvalue weighted by atomic mass is 10.2. The molecule has 0 aliphatic heterocycles. The number of carbonyl (C=O) groups excluding carboxylic acids is 1. The predicted octanol–water partition coefficient (Wildman–Crippen LogP) is 2.08. The molecule has 5 heteroatoms. The van der Waals surface area contributed by atoms with Crippen molar-refractivity contribution < 1.29 is 4.79 Å². The molecule has 0 radical (unpaired) electrons. The maximum Gasteiger partial charge on any atom is 0.251 e. The molecule has 1 aromatic carbocycles. The summed E-state index contributed by atoms with van der Waals surface area (Å²) in [5, 5.41) is 9.61. The van der Waals surface area contributed by atoms with E-state index in [4.69, 9.17) is 0 Å². The Morgan fingerprint density at radius 2 is 1.91 bits per heavy atom. The fourth-order valence-corrected chi connectivity index (χ4v) is 2.41. The highest BCUT2D eigenvalue weighted by atomic mass is 16.1. The molecular formula is C18H26N4O. The van der Waals surface area contributed by atoms with Crippen LogP contribution in [0.2, 0.25) is 0 Å². The number of benzene rings is 1. The minimum atomic E-state index is -0.0309. The lowest BCUT2D eigenvalue weighted by molar-refractivity contribution is 0.0953. The van der Waals surface area contributed by atoms with Gasteiger partial charge in [0.2, 0.25) is 0 Å². The van der Waals surface area contributed by atoms with Gasteiger partial charge in [-0.25, -0.2) is 0 Å². The Morgan fingerprint density at radius 1 is 1.17 bits per heavy atom. The Hall–Kier alpha value is -2.30. The Labute approximate surface area is 138 Å². The molecule has 1 aromatic rings. The summed E-state index contributed by atoms with van der Waals surface area (Å²) in [6.07, 6.45) is 7.31. The van der Waals surface area contributed by atoms with Gasteiger partial charge >= 0.3 is 0 Å². The van der Waals surface area contributed by atoms with Crippen LogP contribution in [0, 0.1) is 0 Å². The maximum absolute atomic E-state index is 11.9. The van der Waals surface area contributed by atoms with Gasteiger partial charge in [0.25, 0.3) is 5.91 Å². The van der Waals surface area contributed by atoms with E-state index in [1.165, 1.54) is 0 Å². The molecule has 1 amide bonds. The standard InChI is InChI=1S/C18H26N4O/c1-2-19-18(22-16-11-6-7-12-16)21-14-8-13-20-17(23)15-9-4-3-5-10-15/h3-7,9-10,16H,2,8,11-14H2,1H3,(H,20,23)(H2,19,21,22). The number of amides is 1. The lowest BCUT2D eigenvalue weighted by Gasteiger charge is -2.16. The van der Waals surface area contributed by atoms with E-state index >= 15 is 0 Å². The van der Waals surface area contributed by atoms with E-state index in [0.29, 0.717) is 24.7 Å². The number of guanidine groups is 1. The third-order valence-electron chi connectivity index (χ3n) is 3.62. The Bertz CT molecular complexity index is 531. The van der Waals surface area contributed by atoms with Gasteiger partial charge in [-0.2, -0.15) is 0 Å². The molecule has 3 N–H and O–H groups in total. The first-order valence-corrected chi connectivity index (χ1v) is 8.32. The van der Waals surface area contributed by atoms with E-state index < -0.39 is 0 Å². The zero-order valence-electron chi connectivity index (χ0n) is 13.7. The van der Waals surface area contributed by atoms with Crippen LogP contribution in [-0.4, -0.2) is 37.5 Å². The molecule has 1 aliphatic rings. The van der Waals surface area contributed by atoms with Crippen molar-refractivity contribution in [2.75, 3.05) is 19.6 Å². The van der Waals surface area contributed by atoms with E-state index in [0.717, 1.165) is 31.8 Å². The smallest absolute Gasteiger partial charge is 0.251 e. The van der Waals surface area contributed by atoms with Crippen molar-refractivity contribution in [1.82, 2.24) is 16.0 Å². The zero-order valence-corrected chi connectivity index (χ0v) is 13.7. The SMILES string of the molecule is CCNC(=NCCCNC(=O)c1ccccc1)NC1CC=CC1. The van der Waals surface area contributed by atoms with Crippen molar-refractivity contribution in [3.8, 4) is 0 Å². The second-order valence-electron chi connectivity index (χ2n) is 5.52. The van der Waals surface area contributed by atoms with Gasteiger partial charge in [0.1, 0.15) is 0 Å². The number of rotatable bonds is 7. The average Bonchev–Trinajstić information content (AvgIpc) is 3.08. The molecule has 1 aliphatic carbocycles. The van der Waals surface area contributed by atoms with Crippen LogP contribution < -0.4 is 16.0 Å². The van der Waals surface area contributed by atoms with E-state index in [9.17, 15) is 4.79 Å². The molecule has 0 aromatic heterocycles. The van der Waals surface area contributed by atoms with Gasteiger partial charge in [0, 0.05) is 31.2 Å². The number of carbonyl (C=O) groups is 1. The number of hydrogen-bond acceptors (Lipinski definition) is 2. The van der Waals surface area contributed by atoms with Gasteiger partial charge in [-0.05, 0) is 38.3 Å². The first-order valence-electron chi connectivity index (χ1n) is 8.32. The first-order chi connectivity index (χ1) is 11.3. The Kier molecular flexibility index (Phi) is 7.17. The van der Waals surface area contributed by atoms with E-state index in [-0.39, 0.29) is 5.91 Å². The number of aliphatic imine (C=N–C) groups is 1. The van der Waals surface area contributed by atoms with Crippen molar-refractivity contribution in [3.63, 3.8) is 0 Å². The summed E-state index contributed by atoms with van der Waals surface area (Å²) >= 11 is 0. The molecule has 23 heavy (non-hydrogen) atoms. The quantitative estimate of drug-likeness (QED) is 0.312. The Morgan fingerprint density at radius 3 is 2.61 bits per heavy atom. The van der Waals surface area contributed by atoms with Crippen LogP contribution >= 0.6 is 0 Å². The molecule has 0 bridgehead atoms. The van der Waals surface area contributed by atoms with E-state index in [1.807, 2.05) is 30.3 Å². The van der Waals surface area contributed by atoms with Crippen molar-refractivity contribution in [2.45, 2.75) is 32.2 Å². The summed E-state index contributed by atoms with van der Waals surface area (Å²) in [7, 11) is 0.